The summed E-state index contributed by atoms with van der Waals surface area (Å²) in [6, 6.07) is 10.8. The predicted octanol–water partition coefficient (Wildman–Crippen LogP) is 3.13. The molecule has 2 aromatic rings. The van der Waals surface area contributed by atoms with Crippen LogP contribution in [0.1, 0.15) is 15.9 Å². The molecule has 106 valence electrons. The van der Waals surface area contributed by atoms with Crippen molar-refractivity contribution in [3.05, 3.63) is 58.9 Å². The van der Waals surface area contributed by atoms with Gasteiger partial charge < -0.3 is 10.6 Å². The van der Waals surface area contributed by atoms with Gasteiger partial charge in [0.15, 0.2) is 0 Å². The molecule has 0 bridgehead atoms. The van der Waals surface area contributed by atoms with Crippen LogP contribution in [0, 0.1) is 0 Å². The van der Waals surface area contributed by atoms with Crippen molar-refractivity contribution in [2.45, 2.75) is 6.54 Å². The van der Waals surface area contributed by atoms with Crippen molar-refractivity contribution < 1.29 is 4.79 Å². The Morgan fingerprint density at radius 3 is 2.80 bits per heavy atom. The first-order valence-corrected chi connectivity index (χ1v) is 6.23. The van der Waals surface area contributed by atoms with Crippen molar-refractivity contribution >= 4 is 35.6 Å². The van der Waals surface area contributed by atoms with Gasteiger partial charge in [-0.25, -0.2) is 4.98 Å². The molecule has 0 aliphatic heterocycles. The van der Waals surface area contributed by atoms with E-state index in [0.29, 0.717) is 10.7 Å². The Hall–Kier alpha value is -1.62. The Morgan fingerprint density at radius 2 is 2.10 bits per heavy atom. The third kappa shape index (κ3) is 4.49. The summed E-state index contributed by atoms with van der Waals surface area (Å²) in [6.45, 7) is 0.755. The van der Waals surface area contributed by atoms with Crippen molar-refractivity contribution in [2.75, 3.05) is 12.4 Å². The van der Waals surface area contributed by atoms with E-state index >= 15 is 0 Å². The minimum Gasteiger partial charge on any atom is -0.322 e. The van der Waals surface area contributed by atoms with Crippen LogP contribution in [0.4, 0.5) is 5.69 Å². The molecular weight excluding hydrogens is 297 g/mol. The maximum Gasteiger partial charge on any atom is 0.255 e. The third-order valence-corrected chi connectivity index (χ3v) is 2.76. The summed E-state index contributed by atoms with van der Waals surface area (Å²) in [4.78, 5) is 15.9. The summed E-state index contributed by atoms with van der Waals surface area (Å²) in [5, 5.41) is 6.20. The van der Waals surface area contributed by atoms with Gasteiger partial charge >= 0.3 is 0 Å². The average molecular weight is 312 g/mol. The van der Waals surface area contributed by atoms with Gasteiger partial charge in [0, 0.05) is 24.0 Å². The quantitative estimate of drug-likeness (QED) is 0.853. The van der Waals surface area contributed by atoms with E-state index in [1.54, 1.807) is 6.07 Å². The number of amides is 1. The van der Waals surface area contributed by atoms with Gasteiger partial charge in [-0.15, -0.1) is 12.4 Å². The van der Waals surface area contributed by atoms with Crippen LogP contribution in [-0.2, 0) is 6.54 Å². The summed E-state index contributed by atoms with van der Waals surface area (Å²) >= 11 is 5.76. The summed E-state index contributed by atoms with van der Waals surface area (Å²) in [5.41, 5.74) is 2.35. The Bertz CT molecular complexity index is 590. The van der Waals surface area contributed by atoms with Crippen LogP contribution in [0.2, 0.25) is 5.15 Å². The molecule has 0 unspecified atom stereocenters. The summed E-state index contributed by atoms with van der Waals surface area (Å²) in [6.07, 6.45) is 1.51. The number of nitrogens with one attached hydrogen (secondary N) is 2. The van der Waals surface area contributed by atoms with Crippen LogP contribution < -0.4 is 10.6 Å². The van der Waals surface area contributed by atoms with E-state index < -0.39 is 0 Å². The third-order valence-electron chi connectivity index (χ3n) is 2.55. The van der Waals surface area contributed by atoms with Gasteiger partial charge in [0.1, 0.15) is 5.15 Å². The average Bonchev–Trinajstić information content (AvgIpc) is 2.39. The Morgan fingerprint density at radius 1 is 1.30 bits per heavy atom. The van der Waals surface area contributed by atoms with Gasteiger partial charge in [0.2, 0.25) is 0 Å². The van der Waals surface area contributed by atoms with Crippen molar-refractivity contribution in [2.24, 2.45) is 0 Å². The van der Waals surface area contributed by atoms with Gasteiger partial charge in [-0.1, -0.05) is 23.7 Å². The molecule has 1 aromatic carbocycles. The number of hydrogen-bond acceptors (Lipinski definition) is 3. The lowest BCUT2D eigenvalue weighted by atomic mass is 10.2. The molecule has 20 heavy (non-hydrogen) atoms. The molecule has 2 rings (SSSR count). The highest BCUT2D eigenvalue weighted by Crippen LogP contribution is 2.13. The van der Waals surface area contributed by atoms with Crippen LogP contribution in [0.25, 0.3) is 0 Å². The second kappa shape index (κ2) is 7.85. The molecule has 1 amide bonds. The fraction of sp³-hybridized carbons (Fsp3) is 0.143. The molecular formula is C14H15Cl2N3O. The standard InChI is InChI=1S/C14H14ClN3O.ClH/c1-16-9-10-3-2-4-12(7-10)18-14(19)11-5-6-17-13(15)8-11;/h2-8,16H,9H2,1H3,(H,18,19);1H. The zero-order valence-electron chi connectivity index (χ0n) is 10.9. The Balaban J connectivity index is 0.00000200. The lowest BCUT2D eigenvalue weighted by Gasteiger charge is -2.07. The molecule has 0 fully saturated rings. The van der Waals surface area contributed by atoms with E-state index in [0.717, 1.165) is 17.8 Å². The van der Waals surface area contributed by atoms with Crippen LogP contribution in [0.3, 0.4) is 0 Å². The Kier molecular flexibility index (Phi) is 6.45. The van der Waals surface area contributed by atoms with Crippen LogP contribution in [0.15, 0.2) is 42.6 Å². The maximum atomic E-state index is 12.0. The van der Waals surface area contributed by atoms with Crippen molar-refractivity contribution in [1.82, 2.24) is 10.3 Å². The molecule has 0 radical (unpaired) electrons. The van der Waals surface area contributed by atoms with Crippen LogP contribution in [-0.4, -0.2) is 17.9 Å². The first-order valence-electron chi connectivity index (χ1n) is 5.85. The van der Waals surface area contributed by atoms with Crippen molar-refractivity contribution in [3.63, 3.8) is 0 Å². The van der Waals surface area contributed by atoms with Crippen LogP contribution >= 0.6 is 24.0 Å². The number of nitrogens with zero attached hydrogens (tertiary/aromatic N) is 1. The monoisotopic (exact) mass is 311 g/mol. The molecule has 0 saturated heterocycles. The molecule has 6 heteroatoms. The second-order valence-electron chi connectivity index (χ2n) is 4.05. The molecule has 0 saturated carbocycles. The van der Waals surface area contributed by atoms with Crippen molar-refractivity contribution in [3.8, 4) is 0 Å². The van der Waals surface area contributed by atoms with Crippen molar-refractivity contribution in [1.29, 1.82) is 0 Å². The molecule has 0 aliphatic rings. The zero-order valence-corrected chi connectivity index (χ0v) is 12.5. The number of anilines is 1. The molecule has 1 aromatic heterocycles. The highest BCUT2D eigenvalue weighted by Gasteiger charge is 2.07. The number of carbonyl (C=O) groups excluding carboxylic acids is 1. The smallest absolute Gasteiger partial charge is 0.255 e. The number of rotatable bonds is 4. The van der Waals surface area contributed by atoms with E-state index in [2.05, 4.69) is 15.6 Å². The zero-order chi connectivity index (χ0) is 13.7. The normalized spacial score (nSPS) is 9.70. The maximum absolute atomic E-state index is 12.0. The van der Waals surface area contributed by atoms with E-state index in [1.807, 2.05) is 31.3 Å². The molecule has 0 atom stereocenters. The van der Waals surface area contributed by atoms with Gasteiger partial charge in [-0.2, -0.15) is 0 Å². The number of carbonyl (C=O) groups is 1. The predicted molar refractivity (Wildman–Crippen MR) is 83.7 cm³/mol. The number of benzene rings is 1. The highest BCUT2D eigenvalue weighted by atomic mass is 35.5. The topological polar surface area (TPSA) is 54.0 Å². The number of aromatic nitrogens is 1. The summed E-state index contributed by atoms with van der Waals surface area (Å²) in [5.74, 6) is -0.203. The van der Waals surface area contributed by atoms with E-state index in [1.165, 1.54) is 12.3 Å². The fourth-order valence-corrected chi connectivity index (χ4v) is 1.88. The summed E-state index contributed by atoms with van der Waals surface area (Å²) in [7, 11) is 1.88. The number of halogens is 2. The minimum atomic E-state index is -0.203. The highest BCUT2D eigenvalue weighted by molar-refractivity contribution is 6.29. The van der Waals surface area contributed by atoms with E-state index in [9.17, 15) is 4.79 Å². The van der Waals surface area contributed by atoms with Gasteiger partial charge in [0.05, 0.1) is 0 Å². The Labute approximate surface area is 129 Å². The second-order valence-corrected chi connectivity index (χ2v) is 4.44. The lowest BCUT2D eigenvalue weighted by Crippen LogP contribution is -2.12. The van der Waals surface area contributed by atoms with Gasteiger partial charge in [0.25, 0.3) is 5.91 Å². The van der Waals surface area contributed by atoms with Gasteiger partial charge in [-0.05, 0) is 36.9 Å². The van der Waals surface area contributed by atoms with Crippen LogP contribution in [0.5, 0.6) is 0 Å². The minimum absolute atomic E-state index is 0. The first kappa shape index (κ1) is 16.4. The van der Waals surface area contributed by atoms with E-state index in [-0.39, 0.29) is 18.3 Å². The van der Waals surface area contributed by atoms with E-state index in [4.69, 9.17) is 11.6 Å². The molecule has 1 heterocycles. The molecule has 2 N–H and O–H groups in total. The SMILES string of the molecule is CNCc1cccc(NC(=O)c2ccnc(Cl)c2)c1.Cl. The largest absolute Gasteiger partial charge is 0.322 e. The molecule has 4 nitrogen and oxygen atoms in total. The molecule has 0 aliphatic carbocycles. The fourth-order valence-electron chi connectivity index (χ4n) is 1.71. The number of hydrogen-bond donors (Lipinski definition) is 2. The van der Waals surface area contributed by atoms with Gasteiger partial charge in [-0.3, -0.25) is 4.79 Å². The molecule has 0 spiro atoms. The first-order chi connectivity index (χ1) is 9.19. The summed E-state index contributed by atoms with van der Waals surface area (Å²) < 4.78 is 0. The lowest BCUT2D eigenvalue weighted by molar-refractivity contribution is 0.102. The number of pyridine rings is 1.